The standard InChI is InChI=1S/C19H13BrN8/c20-15-10-21-19(22-11-15)13-3-1-2-12(6-13)7-18-26-25-17-5-4-16(27-28(17)18)14-8-23-24-9-14/h1-6,8-11H,7H2,(H,23,24). The van der Waals surface area contributed by atoms with E-state index in [0.29, 0.717) is 17.9 Å². The Balaban J connectivity index is 1.49. The number of nitrogens with zero attached hydrogens (tertiary/aromatic N) is 7. The Kier molecular flexibility index (Phi) is 4.13. The molecule has 0 radical (unpaired) electrons. The molecule has 4 aromatic heterocycles. The van der Waals surface area contributed by atoms with Gasteiger partial charge in [-0.05, 0) is 39.7 Å². The van der Waals surface area contributed by atoms with Gasteiger partial charge in [-0.1, -0.05) is 18.2 Å². The third kappa shape index (κ3) is 3.16. The number of rotatable bonds is 4. The molecule has 0 spiro atoms. The van der Waals surface area contributed by atoms with Gasteiger partial charge in [0.2, 0.25) is 0 Å². The lowest BCUT2D eigenvalue weighted by molar-refractivity contribution is 0.842. The number of halogens is 1. The lowest BCUT2D eigenvalue weighted by Gasteiger charge is -2.05. The second kappa shape index (κ2) is 6.93. The van der Waals surface area contributed by atoms with Gasteiger partial charge in [-0.25, -0.2) is 9.97 Å². The number of H-pyrrole nitrogens is 1. The van der Waals surface area contributed by atoms with Crippen LogP contribution in [0.5, 0.6) is 0 Å². The fourth-order valence-electron chi connectivity index (χ4n) is 2.95. The summed E-state index contributed by atoms with van der Waals surface area (Å²) in [7, 11) is 0. The van der Waals surface area contributed by atoms with Crippen LogP contribution in [0.15, 0.2) is 65.7 Å². The van der Waals surface area contributed by atoms with Crippen LogP contribution in [0.2, 0.25) is 0 Å². The lowest BCUT2D eigenvalue weighted by Crippen LogP contribution is -2.01. The van der Waals surface area contributed by atoms with Crippen molar-refractivity contribution in [3.63, 3.8) is 0 Å². The second-order valence-electron chi connectivity index (χ2n) is 6.19. The van der Waals surface area contributed by atoms with Crippen molar-refractivity contribution >= 4 is 21.6 Å². The van der Waals surface area contributed by atoms with Gasteiger partial charge in [0.05, 0.1) is 16.4 Å². The van der Waals surface area contributed by atoms with Gasteiger partial charge in [-0.15, -0.1) is 10.2 Å². The molecular weight excluding hydrogens is 420 g/mol. The average Bonchev–Trinajstić information content (AvgIpc) is 3.39. The van der Waals surface area contributed by atoms with Crippen molar-refractivity contribution in [1.29, 1.82) is 0 Å². The zero-order valence-corrected chi connectivity index (χ0v) is 16.1. The number of hydrogen-bond acceptors (Lipinski definition) is 6. The quantitative estimate of drug-likeness (QED) is 0.467. The topological polar surface area (TPSA) is 97.5 Å². The molecule has 8 nitrogen and oxygen atoms in total. The Morgan fingerprint density at radius 2 is 1.86 bits per heavy atom. The Hall–Kier alpha value is -3.46. The highest BCUT2D eigenvalue weighted by atomic mass is 79.9. The molecule has 0 fully saturated rings. The fourth-order valence-corrected chi connectivity index (χ4v) is 3.16. The second-order valence-corrected chi connectivity index (χ2v) is 7.11. The zero-order valence-electron chi connectivity index (χ0n) is 14.5. The summed E-state index contributed by atoms with van der Waals surface area (Å²) in [6, 6.07) is 11.9. The molecule has 0 saturated heterocycles. The van der Waals surface area contributed by atoms with Crippen LogP contribution < -0.4 is 0 Å². The first-order valence-corrected chi connectivity index (χ1v) is 9.33. The Bertz CT molecular complexity index is 1240. The number of benzene rings is 1. The van der Waals surface area contributed by atoms with Gasteiger partial charge in [0.15, 0.2) is 17.3 Å². The molecule has 136 valence electrons. The van der Waals surface area contributed by atoms with Gasteiger partial charge in [-0.3, -0.25) is 5.10 Å². The molecule has 0 bridgehead atoms. The number of aromatic nitrogens is 8. The minimum absolute atomic E-state index is 0.591. The molecule has 1 N–H and O–H groups in total. The van der Waals surface area contributed by atoms with E-state index in [0.717, 1.165) is 32.7 Å². The minimum atomic E-state index is 0.591. The number of aromatic amines is 1. The van der Waals surface area contributed by atoms with Crippen molar-refractivity contribution in [2.75, 3.05) is 0 Å². The maximum Gasteiger partial charge on any atom is 0.177 e. The third-order valence-corrected chi connectivity index (χ3v) is 4.70. The van der Waals surface area contributed by atoms with Gasteiger partial charge in [0, 0.05) is 36.1 Å². The molecular formula is C19H13BrN8. The SMILES string of the molecule is Brc1cnc(-c2cccc(Cc3nnc4ccc(-c5cn[nH]c5)nn34)c2)nc1. The maximum absolute atomic E-state index is 4.67. The summed E-state index contributed by atoms with van der Waals surface area (Å²) in [6.45, 7) is 0. The van der Waals surface area contributed by atoms with Crippen LogP contribution in [-0.4, -0.2) is 40.0 Å². The number of hydrogen-bond donors (Lipinski definition) is 1. The summed E-state index contributed by atoms with van der Waals surface area (Å²) >= 11 is 3.36. The van der Waals surface area contributed by atoms with Gasteiger partial charge >= 0.3 is 0 Å². The van der Waals surface area contributed by atoms with Crippen molar-refractivity contribution in [3.8, 4) is 22.6 Å². The van der Waals surface area contributed by atoms with E-state index in [1.54, 1.807) is 29.3 Å². The summed E-state index contributed by atoms with van der Waals surface area (Å²) < 4.78 is 2.62. The van der Waals surface area contributed by atoms with Crippen molar-refractivity contribution in [3.05, 3.63) is 77.0 Å². The smallest absolute Gasteiger partial charge is 0.177 e. The molecule has 9 heteroatoms. The molecule has 0 unspecified atom stereocenters. The number of fused-ring (bicyclic) bond motifs is 1. The molecule has 5 rings (SSSR count). The molecule has 5 aromatic rings. The Labute approximate surface area is 167 Å². The van der Waals surface area contributed by atoms with Gasteiger partial charge in [0.1, 0.15) is 0 Å². The average molecular weight is 433 g/mol. The van der Waals surface area contributed by atoms with Crippen molar-refractivity contribution in [2.45, 2.75) is 6.42 Å². The third-order valence-electron chi connectivity index (χ3n) is 4.29. The molecule has 0 aliphatic carbocycles. The first-order chi connectivity index (χ1) is 13.8. The first kappa shape index (κ1) is 16.7. The highest BCUT2D eigenvalue weighted by Crippen LogP contribution is 2.20. The molecule has 28 heavy (non-hydrogen) atoms. The van der Waals surface area contributed by atoms with Gasteiger partial charge in [-0.2, -0.15) is 14.7 Å². The van der Waals surface area contributed by atoms with Crippen LogP contribution in [0.3, 0.4) is 0 Å². The summed E-state index contributed by atoms with van der Waals surface area (Å²) in [5.41, 5.74) is 4.45. The highest BCUT2D eigenvalue weighted by Gasteiger charge is 2.11. The number of nitrogens with one attached hydrogen (secondary N) is 1. The van der Waals surface area contributed by atoms with Crippen LogP contribution in [0, 0.1) is 0 Å². The van der Waals surface area contributed by atoms with E-state index in [1.807, 2.05) is 30.3 Å². The summed E-state index contributed by atoms with van der Waals surface area (Å²) in [5.74, 6) is 1.44. The van der Waals surface area contributed by atoms with Gasteiger partial charge in [0.25, 0.3) is 0 Å². The molecule has 0 amide bonds. The van der Waals surface area contributed by atoms with Gasteiger partial charge < -0.3 is 0 Å². The monoisotopic (exact) mass is 432 g/mol. The van der Waals surface area contributed by atoms with E-state index in [1.165, 1.54) is 0 Å². The summed E-state index contributed by atoms with van der Waals surface area (Å²) in [5, 5.41) is 20.0. The van der Waals surface area contributed by atoms with E-state index in [4.69, 9.17) is 0 Å². The van der Waals surface area contributed by atoms with E-state index in [9.17, 15) is 0 Å². The zero-order chi connectivity index (χ0) is 18.9. The van der Waals surface area contributed by atoms with Crippen LogP contribution in [0.25, 0.3) is 28.3 Å². The van der Waals surface area contributed by atoms with E-state index < -0.39 is 0 Å². The first-order valence-electron chi connectivity index (χ1n) is 8.53. The van der Waals surface area contributed by atoms with E-state index in [2.05, 4.69) is 57.5 Å². The molecule has 1 aromatic carbocycles. The Morgan fingerprint density at radius 3 is 2.68 bits per heavy atom. The van der Waals surface area contributed by atoms with Crippen LogP contribution >= 0.6 is 15.9 Å². The van der Waals surface area contributed by atoms with E-state index >= 15 is 0 Å². The molecule has 0 aliphatic heterocycles. The molecule has 0 saturated carbocycles. The van der Waals surface area contributed by atoms with Crippen LogP contribution in [-0.2, 0) is 6.42 Å². The maximum atomic E-state index is 4.67. The van der Waals surface area contributed by atoms with Crippen LogP contribution in [0.1, 0.15) is 11.4 Å². The predicted octanol–water partition coefficient (Wildman–Crippen LogP) is 3.32. The largest absolute Gasteiger partial charge is 0.285 e. The highest BCUT2D eigenvalue weighted by molar-refractivity contribution is 9.10. The van der Waals surface area contributed by atoms with Crippen molar-refractivity contribution < 1.29 is 0 Å². The molecule has 0 aliphatic rings. The normalized spacial score (nSPS) is 11.2. The predicted molar refractivity (Wildman–Crippen MR) is 106 cm³/mol. The fraction of sp³-hybridized carbons (Fsp3) is 0.0526. The van der Waals surface area contributed by atoms with Crippen molar-refractivity contribution in [1.82, 2.24) is 40.0 Å². The summed E-state index contributed by atoms with van der Waals surface area (Å²) in [4.78, 5) is 8.73. The van der Waals surface area contributed by atoms with Crippen LogP contribution in [0.4, 0.5) is 0 Å². The van der Waals surface area contributed by atoms with E-state index in [-0.39, 0.29) is 0 Å². The van der Waals surface area contributed by atoms with Crippen molar-refractivity contribution in [2.24, 2.45) is 0 Å². The minimum Gasteiger partial charge on any atom is -0.285 e. The lowest BCUT2D eigenvalue weighted by atomic mass is 10.1. The molecule has 4 heterocycles. The Morgan fingerprint density at radius 1 is 0.964 bits per heavy atom. The summed E-state index contributed by atoms with van der Waals surface area (Å²) in [6.07, 6.45) is 7.61. The molecule has 0 atom stereocenters.